The molecule has 0 aromatic carbocycles. The van der Waals surface area contributed by atoms with Crippen molar-refractivity contribution in [2.45, 2.75) is 97.0 Å². The minimum Gasteiger partial charge on any atom is -0.446 e. The van der Waals surface area contributed by atoms with Gasteiger partial charge in [-0.25, -0.2) is 4.79 Å². The maximum absolute atomic E-state index is 12.6. The molecule has 1 unspecified atom stereocenters. The van der Waals surface area contributed by atoms with Gasteiger partial charge in [0.1, 0.15) is 11.9 Å². The summed E-state index contributed by atoms with van der Waals surface area (Å²) in [6.07, 6.45) is 13.3. The Labute approximate surface area is 900 Å². The third kappa shape index (κ3) is 49.9. The number of hydrogen-bond donors (Lipinski definition) is 2. The van der Waals surface area contributed by atoms with E-state index in [4.69, 9.17) is 14.2 Å². The van der Waals surface area contributed by atoms with E-state index in [1.165, 1.54) is 12.2 Å². The molecule has 30 heteroatoms. The summed E-state index contributed by atoms with van der Waals surface area (Å²) < 4.78 is 21.7. The number of carbonyl (C=O) groups is 2. The van der Waals surface area contributed by atoms with E-state index in [9.17, 15) is 14.2 Å². The Kier molecular flexibility index (Phi) is 177. The average Bonchev–Trinajstić information content (AvgIpc) is 3.09. The molecule has 3 saturated carbocycles. The standard InChI is InChI=1S/C27H44NO6P.22Y/c1-26-14-12-20(34-25(30)28-16-6-4-5-7-17-33-35(3,31)32)18-19(26)8-9-21-22-10-11-24(29)27(22,2)15-13-23(21)26;;;;;;;;;;;;;;;;;;;;;;/h8,20-23H,4-7,9-18H2,1-3H3,(H,28,30)(H,31,32);;;;;;;;;;;;;;;;;;;;;;/t20-,21-,22-,23-,26-,27-;;;;;;;;;;;;;;;;;;;;;;/m0....................../s1. The van der Waals surface area contributed by atoms with E-state index in [0.717, 1.165) is 77.0 Å². The molecule has 1 amide bonds. The van der Waals surface area contributed by atoms with Crippen molar-refractivity contribution in [1.29, 1.82) is 0 Å². The first-order valence-corrected chi connectivity index (χ1v) is 15.7. The zero-order valence-electron chi connectivity index (χ0n) is 34.4. The minimum atomic E-state index is -3.38. The van der Waals surface area contributed by atoms with Crippen molar-refractivity contribution in [3.8, 4) is 0 Å². The quantitative estimate of drug-likeness (QED) is 0.168. The zero-order valence-corrected chi connectivity index (χ0v) is 97.8. The fourth-order valence-electron chi connectivity index (χ4n) is 7.70. The number of nitrogens with one attached hydrogen (secondary N) is 1. The van der Waals surface area contributed by atoms with E-state index in [-0.39, 0.29) is 749 Å². The van der Waals surface area contributed by atoms with Gasteiger partial charge in [0.25, 0.3) is 0 Å². The third-order valence-electron chi connectivity index (χ3n) is 9.71. The molecule has 57 heavy (non-hydrogen) atoms. The summed E-state index contributed by atoms with van der Waals surface area (Å²) in [5.74, 6) is 2.30. The second-order valence-corrected chi connectivity index (χ2v) is 13.8. The van der Waals surface area contributed by atoms with E-state index < -0.39 is 7.60 Å². The SMILES string of the molecule is C[C@]12CC[C@H](OC(=O)NCCCCCCOP(C)(=O)O)CC1=CC[C@@H]1[C@@H]2CC[C@]2(C)C(=O)CC[C@@H]12.[Y].[Y].[Y].[Y].[Y].[Y].[Y].[Y].[Y].[Y].[Y].[Y].[Y].[Y].[Y].[Y].[Y].[Y].[Y].[Y].[Y].[Y]. The molecule has 0 aromatic rings. The van der Waals surface area contributed by atoms with E-state index in [1.807, 2.05) is 0 Å². The summed E-state index contributed by atoms with van der Waals surface area (Å²) in [6.45, 7) is 6.71. The Morgan fingerprint density at radius 2 is 1.14 bits per heavy atom. The number of alkyl carbamates (subject to hydrolysis) is 1. The van der Waals surface area contributed by atoms with Gasteiger partial charge in [-0.1, -0.05) is 38.3 Å². The maximum atomic E-state index is 12.6. The molecule has 0 spiro atoms. The minimum absolute atomic E-state index is 0. The number of fused-ring (bicyclic) bond motifs is 5. The first-order valence-electron chi connectivity index (χ1n) is 13.6. The second-order valence-electron chi connectivity index (χ2n) is 11.9. The number of allylic oxidation sites excluding steroid dienone is 1. The van der Waals surface area contributed by atoms with Crippen LogP contribution in [0.1, 0.15) is 90.9 Å². The van der Waals surface area contributed by atoms with Crippen molar-refractivity contribution in [1.82, 2.24) is 5.32 Å². The molecular formula is C27H44NO6PY22. The number of amides is 1. The zero-order chi connectivity index (χ0) is 25.3. The first-order chi connectivity index (χ1) is 16.5. The van der Waals surface area contributed by atoms with Gasteiger partial charge < -0.3 is 19.5 Å². The fourth-order valence-corrected chi connectivity index (χ4v) is 8.17. The summed E-state index contributed by atoms with van der Waals surface area (Å²) in [4.78, 5) is 34.1. The molecule has 0 bridgehead atoms. The molecule has 7 atom stereocenters. The summed E-state index contributed by atoms with van der Waals surface area (Å²) in [5.41, 5.74) is 1.56. The topological polar surface area (TPSA) is 102 Å². The normalized spacial score (nSPS) is 23.3. The van der Waals surface area contributed by atoms with Crippen LogP contribution in [0.2, 0.25) is 0 Å². The van der Waals surface area contributed by atoms with Crippen LogP contribution in [0, 0.1) is 28.6 Å². The van der Waals surface area contributed by atoms with Crippen LogP contribution in [-0.4, -0.2) is 42.7 Å². The number of rotatable bonds is 9. The molecule has 264 valence electrons. The summed E-state index contributed by atoms with van der Waals surface area (Å²) >= 11 is 0. The number of carbonyl (C=O) groups excluding carboxylic acids is 2. The molecule has 4 aliphatic carbocycles. The van der Waals surface area contributed by atoms with E-state index in [0.29, 0.717) is 30.1 Å². The predicted molar refractivity (Wildman–Crippen MR) is 135 cm³/mol. The molecule has 0 saturated heterocycles. The molecule has 4 rings (SSSR count). The molecular weight excluding hydrogens is 2420 g/mol. The molecule has 22 radical (unpaired) electrons. The number of hydrogen-bond acceptors (Lipinski definition) is 5. The Hall–Kier alpha value is 23.1. The molecule has 2 N–H and O–H groups in total. The summed E-state index contributed by atoms with van der Waals surface area (Å²) in [7, 11) is -3.38. The van der Waals surface area contributed by atoms with Crippen LogP contribution in [0.5, 0.6) is 0 Å². The van der Waals surface area contributed by atoms with Gasteiger partial charge in [-0.3, -0.25) is 9.36 Å². The number of ketones is 1. The first kappa shape index (κ1) is 134. The van der Waals surface area contributed by atoms with E-state index in [1.54, 1.807) is 0 Å². The van der Waals surface area contributed by atoms with Crippen molar-refractivity contribution in [2.75, 3.05) is 19.8 Å². The van der Waals surface area contributed by atoms with Crippen LogP contribution in [0.3, 0.4) is 0 Å². The molecule has 4 aliphatic rings. The molecule has 0 heterocycles. The Morgan fingerprint density at radius 3 is 1.61 bits per heavy atom. The Bertz CT molecular complexity index is 938. The third-order valence-corrected chi connectivity index (χ3v) is 10.4. The molecule has 7 nitrogen and oxygen atoms in total. The maximum Gasteiger partial charge on any atom is 0.407 e. The van der Waals surface area contributed by atoms with Crippen molar-refractivity contribution < 1.29 is 748 Å². The van der Waals surface area contributed by atoms with Gasteiger partial charge >= 0.3 is 13.7 Å². The van der Waals surface area contributed by atoms with Gasteiger partial charge in [0.05, 0.1) is 6.61 Å². The monoisotopic (exact) mass is 2470 g/mol. The van der Waals surface area contributed by atoms with Crippen LogP contribution < -0.4 is 5.32 Å². The van der Waals surface area contributed by atoms with Gasteiger partial charge in [-0.2, -0.15) is 0 Å². The largest absolute Gasteiger partial charge is 0.446 e. The number of unbranched alkanes of at least 4 members (excludes halogenated alkanes) is 3. The van der Waals surface area contributed by atoms with Gasteiger partial charge in [-0.15, -0.1) is 0 Å². The van der Waals surface area contributed by atoms with Crippen LogP contribution in [0.15, 0.2) is 11.6 Å². The Balaban J connectivity index is -0.0000000386. The molecule has 0 aromatic heterocycles. The summed E-state index contributed by atoms with van der Waals surface area (Å²) in [6, 6.07) is 0. The van der Waals surface area contributed by atoms with Crippen molar-refractivity contribution in [3.05, 3.63) is 11.6 Å². The van der Waals surface area contributed by atoms with Gasteiger partial charge in [-0.05, 0) is 74.5 Å². The van der Waals surface area contributed by atoms with E-state index >= 15 is 0 Å². The Morgan fingerprint density at radius 1 is 0.702 bits per heavy atom. The molecule has 3 fully saturated rings. The number of Topliss-reactive ketones (excluding diaryl/α,β-unsaturated/α-hetero) is 1. The van der Waals surface area contributed by atoms with Crippen LogP contribution in [-0.2, 0) is 738 Å². The fraction of sp³-hybridized carbons (Fsp3) is 0.852. The van der Waals surface area contributed by atoms with Gasteiger partial charge in [0.15, 0.2) is 0 Å². The van der Waals surface area contributed by atoms with Crippen LogP contribution >= 0.6 is 7.60 Å². The van der Waals surface area contributed by atoms with Gasteiger partial charge in [0, 0.05) is 751 Å². The van der Waals surface area contributed by atoms with Crippen molar-refractivity contribution in [3.63, 3.8) is 0 Å². The average molecular weight is 2470 g/mol. The summed E-state index contributed by atoms with van der Waals surface area (Å²) in [5, 5.41) is 2.88. The second kappa shape index (κ2) is 75.2. The molecule has 0 aliphatic heterocycles. The van der Waals surface area contributed by atoms with Gasteiger partial charge in [0.2, 0.25) is 0 Å². The smallest absolute Gasteiger partial charge is 0.407 e. The van der Waals surface area contributed by atoms with Crippen molar-refractivity contribution >= 4 is 19.5 Å². The van der Waals surface area contributed by atoms with Crippen molar-refractivity contribution in [2.24, 2.45) is 28.6 Å². The van der Waals surface area contributed by atoms with E-state index in [2.05, 4.69) is 25.2 Å². The predicted octanol–water partition coefficient (Wildman–Crippen LogP) is 5.95. The van der Waals surface area contributed by atoms with Crippen LogP contribution in [0.4, 0.5) is 4.79 Å². The van der Waals surface area contributed by atoms with Crippen LogP contribution in [0.25, 0.3) is 0 Å². The number of ether oxygens (including phenoxy) is 1.